The number of unbranched alkanes of at least 4 members (excludes halogenated alkanes) is 20. The van der Waals surface area contributed by atoms with Crippen LogP contribution in [0.25, 0.3) is 0 Å². The van der Waals surface area contributed by atoms with Crippen molar-refractivity contribution in [2.75, 3.05) is 39.5 Å². The van der Waals surface area contributed by atoms with Crippen molar-refractivity contribution in [3.8, 4) is 0 Å². The summed E-state index contributed by atoms with van der Waals surface area (Å²) >= 11 is 0. The summed E-state index contributed by atoms with van der Waals surface area (Å²) in [7, 11) is 0. The Morgan fingerprint density at radius 1 is 0.417 bits per heavy atom. The molecule has 0 spiro atoms. The van der Waals surface area contributed by atoms with Gasteiger partial charge in [0.1, 0.15) is 0 Å². The zero-order valence-electron chi connectivity index (χ0n) is 40.8. The van der Waals surface area contributed by atoms with Crippen LogP contribution < -0.4 is 0 Å². The van der Waals surface area contributed by atoms with Crippen LogP contribution in [0.5, 0.6) is 0 Å². The van der Waals surface area contributed by atoms with Crippen LogP contribution in [0, 0.1) is 11.8 Å². The number of nitrogens with zero attached hydrogens (tertiary/aromatic N) is 1. The van der Waals surface area contributed by atoms with Crippen LogP contribution in [0.3, 0.4) is 0 Å². The Bertz CT molecular complexity index is 885. The monoisotopic (exact) mass is 852 g/mol. The van der Waals surface area contributed by atoms with E-state index >= 15 is 0 Å². The maximum absolute atomic E-state index is 12.4. The third-order valence-electron chi connectivity index (χ3n) is 12.8. The van der Waals surface area contributed by atoms with Gasteiger partial charge in [-0.25, -0.2) is 0 Å². The molecular formula is C53H105NO6. The molecule has 0 aromatic carbocycles. The minimum absolute atomic E-state index is 0.0336. The van der Waals surface area contributed by atoms with Gasteiger partial charge in [-0.15, -0.1) is 0 Å². The van der Waals surface area contributed by atoms with E-state index in [-0.39, 0.29) is 18.5 Å². The van der Waals surface area contributed by atoms with E-state index in [4.69, 9.17) is 9.47 Å². The van der Waals surface area contributed by atoms with Crippen molar-refractivity contribution in [3.63, 3.8) is 0 Å². The quantitative estimate of drug-likeness (QED) is 0.0465. The molecule has 0 amide bonds. The first kappa shape index (κ1) is 58.8. The van der Waals surface area contributed by atoms with E-state index in [1.165, 1.54) is 141 Å². The summed E-state index contributed by atoms with van der Waals surface area (Å²) in [4.78, 5) is 27.2. The van der Waals surface area contributed by atoms with Crippen LogP contribution in [0.2, 0.25) is 0 Å². The Hall–Kier alpha value is -1.18. The SMILES string of the molecule is CCCCCCCC(CCCCC)CCCCC(=O)OCCCCCCN(CCCCCO)CC(O)CCCCOC(=O)CCCCC(CCCCC)CCCCCCC. The first-order chi connectivity index (χ1) is 29.4. The minimum Gasteiger partial charge on any atom is -0.466 e. The predicted octanol–water partition coefficient (Wildman–Crippen LogP) is 14.9. The van der Waals surface area contributed by atoms with E-state index in [1.807, 2.05) is 0 Å². The van der Waals surface area contributed by atoms with Crippen molar-refractivity contribution in [2.45, 2.75) is 278 Å². The number of rotatable bonds is 49. The summed E-state index contributed by atoms with van der Waals surface area (Å²) in [5, 5.41) is 20.1. The lowest BCUT2D eigenvalue weighted by Gasteiger charge is -2.25. The average Bonchev–Trinajstić information content (AvgIpc) is 3.24. The van der Waals surface area contributed by atoms with Gasteiger partial charge in [0, 0.05) is 26.0 Å². The number of aliphatic hydroxyl groups is 2. The standard InChI is InChI=1S/C53H105NO6/c1-5-9-13-15-22-36-49(34-20-11-7-3)38-24-26-41-52(57)59-46-32-18-17-29-43-54(44-30-19-31-45-55)48-51(56)40-28-33-47-60-53(58)42-27-25-39-50(35-21-12-8-4)37-23-16-14-10-6-2/h49-51,55-56H,5-48H2,1-4H3. The fourth-order valence-electron chi connectivity index (χ4n) is 8.81. The van der Waals surface area contributed by atoms with Gasteiger partial charge in [-0.3, -0.25) is 9.59 Å². The van der Waals surface area contributed by atoms with Gasteiger partial charge in [0.2, 0.25) is 0 Å². The molecular weight excluding hydrogens is 747 g/mol. The van der Waals surface area contributed by atoms with Gasteiger partial charge in [0.15, 0.2) is 0 Å². The summed E-state index contributed by atoms with van der Waals surface area (Å²) in [6.07, 6.45) is 43.5. The molecule has 3 atom stereocenters. The molecule has 0 saturated heterocycles. The summed E-state index contributed by atoms with van der Waals surface area (Å²) < 4.78 is 11.1. The molecule has 7 heteroatoms. The van der Waals surface area contributed by atoms with Crippen molar-refractivity contribution in [3.05, 3.63) is 0 Å². The van der Waals surface area contributed by atoms with Gasteiger partial charge in [0.25, 0.3) is 0 Å². The van der Waals surface area contributed by atoms with Crippen LogP contribution in [0.15, 0.2) is 0 Å². The molecule has 3 unspecified atom stereocenters. The second-order valence-electron chi connectivity index (χ2n) is 18.7. The molecule has 2 N–H and O–H groups in total. The summed E-state index contributed by atoms with van der Waals surface area (Å²) in [5.41, 5.74) is 0. The summed E-state index contributed by atoms with van der Waals surface area (Å²) in [6, 6.07) is 0. The van der Waals surface area contributed by atoms with Crippen molar-refractivity contribution >= 4 is 11.9 Å². The van der Waals surface area contributed by atoms with Gasteiger partial charge in [-0.2, -0.15) is 0 Å². The maximum Gasteiger partial charge on any atom is 0.305 e. The highest BCUT2D eigenvalue weighted by molar-refractivity contribution is 5.69. The normalized spacial score (nSPS) is 13.2. The second-order valence-corrected chi connectivity index (χ2v) is 18.7. The zero-order chi connectivity index (χ0) is 44.0. The molecule has 0 aliphatic rings. The highest BCUT2D eigenvalue weighted by Gasteiger charge is 2.14. The molecule has 0 aromatic heterocycles. The molecule has 0 radical (unpaired) electrons. The van der Waals surface area contributed by atoms with Crippen molar-refractivity contribution in [1.29, 1.82) is 0 Å². The lowest BCUT2D eigenvalue weighted by atomic mass is 9.90. The number of hydrogen-bond acceptors (Lipinski definition) is 7. The van der Waals surface area contributed by atoms with E-state index in [1.54, 1.807) is 0 Å². The largest absolute Gasteiger partial charge is 0.466 e. The first-order valence-electron chi connectivity index (χ1n) is 26.7. The molecule has 0 bridgehead atoms. The van der Waals surface area contributed by atoms with E-state index < -0.39 is 6.10 Å². The molecule has 7 nitrogen and oxygen atoms in total. The highest BCUT2D eigenvalue weighted by Crippen LogP contribution is 2.25. The summed E-state index contributed by atoms with van der Waals surface area (Å²) in [5.74, 6) is 1.54. The zero-order valence-corrected chi connectivity index (χ0v) is 40.8. The van der Waals surface area contributed by atoms with Crippen LogP contribution in [-0.2, 0) is 19.1 Å². The van der Waals surface area contributed by atoms with Crippen molar-refractivity contribution < 1.29 is 29.3 Å². The Kier molecular flexibility index (Phi) is 46.4. The molecule has 0 rings (SSSR count). The van der Waals surface area contributed by atoms with E-state index in [0.29, 0.717) is 39.0 Å². The topological polar surface area (TPSA) is 96.3 Å². The van der Waals surface area contributed by atoms with Crippen LogP contribution in [-0.4, -0.2) is 72.6 Å². The summed E-state index contributed by atoms with van der Waals surface area (Å²) in [6.45, 7) is 12.9. The molecule has 0 aromatic rings. The van der Waals surface area contributed by atoms with Gasteiger partial charge >= 0.3 is 11.9 Å². The lowest BCUT2D eigenvalue weighted by Crippen LogP contribution is -2.34. The molecule has 0 aliphatic heterocycles. The molecule has 0 saturated carbocycles. The number of carbonyl (C=O) groups is 2. The Labute approximate surface area is 374 Å². The van der Waals surface area contributed by atoms with E-state index in [2.05, 4.69) is 32.6 Å². The number of ether oxygens (including phenoxy) is 2. The number of esters is 2. The Morgan fingerprint density at radius 3 is 1.20 bits per heavy atom. The minimum atomic E-state index is -0.391. The van der Waals surface area contributed by atoms with Crippen LogP contribution in [0.1, 0.15) is 272 Å². The highest BCUT2D eigenvalue weighted by atomic mass is 16.5. The third-order valence-corrected chi connectivity index (χ3v) is 12.8. The van der Waals surface area contributed by atoms with Crippen molar-refractivity contribution in [1.82, 2.24) is 4.90 Å². The number of aliphatic hydroxyl groups excluding tert-OH is 2. The smallest absolute Gasteiger partial charge is 0.305 e. The Morgan fingerprint density at radius 2 is 0.750 bits per heavy atom. The van der Waals surface area contributed by atoms with Gasteiger partial charge in [0.05, 0.1) is 19.3 Å². The molecule has 358 valence electrons. The van der Waals surface area contributed by atoms with Crippen LogP contribution >= 0.6 is 0 Å². The van der Waals surface area contributed by atoms with Crippen molar-refractivity contribution in [2.24, 2.45) is 11.8 Å². The Balaban J connectivity index is 4.22. The number of carbonyl (C=O) groups excluding carboxylic acids is 2. The predicted molar refractivity (Wildman–Crippen MR) is 257 cm³/mol. The fraction of sp³-hybridized carbons (Fsp3) is 0.962. The number of hydrogen-bond donors (Lipinski definition) is 2. The second kappa shape index (κ2) is 47.3. The maximum atomic E-state index is 12.4. The van der Waals surface area contributed by atoms with Gasteiger partial charge in [-0.05, 0) is 89.1 Å². The lowest BCUT2D eigenvalue weighted by molar-refractivity contribution is -0.144. The molecule has 0 aliphatic carbocycles. The molecule has 60 heavy (non-hydrogen) atoms. The fourth-order valence-corrected chi connectivity index (χ4v) is 8.81. The van der Waals surface area contributed by atoms with E-state index in [9.17, 15) is 19.8 Å². The van der Waals surface area contributed by atoms with Crippen LogP contribution in [0.4, 0.5) is 0 Å². The van der Waals surface area contributed by atoms with E-state index in [0.717, 1.165) is 108 Å². The van der Waals surface area contributed by atoms with Gasteiger partial charge in [-0.1, -0.05) is 195 Å². The average molecular weight is 852 g/mol. The third kappa shape index (κ3) is 42.1. The molecule has 0 heterocycles. The van der Waals surface area contributed by atoms with Gasteiger partial charge < -0.3 is 24.6 Å². The molecule has 0 fully saturated rings. The first-order valence-corrected chi connectivity index (χ1v) is 26.7.